The Balaban J connectivity index is 1.81. The molecule has 2 aromatic carbocycles. The van der Waals surface area contributed by atoms with Crippen LogP contribution in [0, 0.1) is 0 Å². The predicted octanol–water partition coefficient (Wildman–Crippen LogP) is 4.24. The Hall–Kier alpha value is -2.04. The van der Waals surface area contributed by atoms with Gasteiger partial charge in [-0.3, -0.25) is 9.59 Å². The number of carbonyl (C=O) groups excluding carboxylic acids is 2. The summed E-state index contributed by atoms with van der Waals surface area (Å²) in [6, 6.07) is 14.5. The normalized spacial score (nSPS) is 11.6. The van der Waals surface area contributed by atoms with Crippen LogP contribution in [0.2, 0.25) is 10.0 Å². The first kappa shape index (κ1) is 18.3. The van der Waals surface area contributed by atoms with Crippen LogP contribution in [0.1, 0.15) is 24.8 Å². The highest BCUT2D eigenvalue weighted by atomic mass is 35.5. The third kappa shape index (κ3) is 5.55. The Morgan fingerprint density at radius 1 is 1.04 bits per heavy atom. The van der Waals surface area contributed by atoms with Gasteiger partial charge < -0.3 is 10.6 Å². The number of benzene rings is 2. The van der Waals surface area contributed by atoms with Gasteiger partial charge >= 0.3 is 0 Å². The highest BCUT2D eigenvalue weighted by molar-refractivity contribution is 6.35. The number of halogens is 2. The lowest BCUT2D eigenvalue weighted by molar-refractivity contribution is -0.124. The van der Waals surface area contributed by atoms with Crippen molar-refractivity contribution in [2.24, 2.45) is 0 Å². The molecule has 126 valence electrons. The zero-order valence-corrected chi connectivity index (χ0v) is 14.7. The van der Waals surface area contributed by atoms with Gasteiger partial charge in [0.1, 0.15) is 0 Å². The third-order valence-electron chi connectivity index (χ3n) is 3.51. The second kappa shape index (κ2) is 8.71. The highest BCUT2D eigenvalue weighted by Gasteiger charge is 2.12. The lowest BCUT2D eigenvalue weighted by Crippen LogP contribution is -2.33. The molecule has 0 aromatic heterocycles. The first-order chi connectivity index (χ1) is 11.5. The number of amides is 2. The van der Waals surface area contributed by atoms with Crippen molar-refractivity contribution in [1.29, 1.82) is 0 Å². The molecule has 2 rings (SSSR count). The van der Waals surface area contributed by atoms with E-state index in [1.165, 1.54) is 0 Å². The molecular formula is C18H18Cl2N2O2. The fourth-order valence-electron chi connectivity index (χ4n) is 2.22. The van der Waals surface area contributed by atoms with Crippen molar-refractivity contribution in [3.8, 4) is 0 Å². The Labute approximate surface area is 151 Å². The van der Waals surface area contributed by atoms with Gasteiger partial charge in [0.05, 0.1) is 17.3 Å². The summed E-state index contributed by atoms with van der Waals surface area (Å²) in [4.78, 5) is 23.9. The fraction of sp³-hybridized carbons (Fsp3) is 0.222. The number of rotatable bonds is 6. The van der Waals surface area contributed by atoms with Gasteiger partial charge in [-0.25, -0.2) is 0 Å². The summed E-state index contributed by atoms with van der Waals surface area (Å²) >= 11 is 11.8. The maximum absolute atomic E-state index is 12.0. The van der Waals surface area contributed by atoms with E-state index in [1.54, 1.807) is 18.2 Å². The van der Waals surface area contributed by atoms with Crippen molar-refractivity contribution in [2.75, 3.05) is 11.9 Å². The molecule has 2 aromatic rings. The molecule has 2 N–H and O–H groups in total. The van der Waals surface area contributed by atoms with Crippen LogP contribution in [-0.4, -0.2) is 18.4 Å². The summed E-state index contributed by atoms with van der Waals surface area (Å²) < 4.78 is 0. The summed E-state index contributed by atoms with van der Waals surface area (Å²) in [5, 5.41) is 6.09. The van der Waals surface area contributed by atoms with E-state index in [9.17, 15) is 9.59 Å². The summed E-state index contributed by atoms with van der Waals surface area (Å²) in [5.41, 5.74) is 1.50. The Morgan fingerprint density at radius 3 is 2.46 bits per heavy atom. The molecule has 0 unspecified atom stereocenters. The zero-order valence-electron chi connectivity index (χ0n) is 13.2. The van der Waals surface area contributed by atoms with Crippen LogP contribution in [0.25, 0.3) is 0 Å². The Morgan fingerprint density at radius 2 is 1.75 bits per heavy atom. The van der Waals surface area contributed by atoms with Crippen LogP contribution in [0.15, 0.2) is 48.5 Å². The van der Waals surface area contributed by atoms with Crippen molar-refractivity contribution in [1.82, 2.24) is 5.32 Å². The number of anilines is 1. The number of nitrogens with one attached hydrogen (secondary N) is 2. The van der Waals surface area contributed by atoms with Crippen molar-refractivity contribution in [3.05, 3.63) is 64.1 Å². The molecule has 4 nitrogen and oxygen atoms in total. The van der Waals surface area contributed by atoms with Gasteiger partial charge in [0.25, 0.3) is 0 Å². The van der Waals surface area contributed by atoms with Crippen molar-refractivity contribution in [3.63, 3.8) is 0 Å². The van der Waals surface area contributed by atoms with Crippen LogP contribution in [0.3, 0.4) is 0 Å². The van der Waals surface area contributed by atoms with Gasteiger partial charge in [-0.1, -0.05) is 60.5 Å². The maximum Gasteiger partial charge on any atom is 0.243 e. The predicted molar refractivity (Wildman–Crippen MR) is 97.6 cm³/mol. The highest BCUT2D eigenvalue weighted by Crippen LogP contribution is 2.25. The van der Waals surface area contributed by atoms with Gasteiger partial charge in [-0.05, 0) is 29.7 Å². The van der Waals surface area contributed by atoms with E-state index in [4.69, 9.17) is 23.2 Å². The van der Waals surface area contributed by atoms with E-state index >= 15 is 0 Å². The van der Waals surface area contributed by atoms with Crippen LogP contribution in [0.4, 0.5) is 5.69 Å². The molecular weight excluding hydrogens is 347 g/mol. The molecule has 0 aliphatic rings. The van der Waals surface area contributed by atoms with Gasteiger partial charge in [0, 0.05) is 11.4 Å². The average Bonchev–Trinajstić information content (AvgIpc) is 2.57. The standard InChI is InChI=1S/C18H18Cl2N2O2/c1-12(13-5-3-2-4-6-13)9-17(23)21-11-18(24)22-16-10-14(19)7-8-15(16)20/h2-8,10,12H,9,11H2,1H3,(H,21,23)(H,22,24)/t12-/m0/s1. The second-order valence-corrected chi connectivity index (χ2v) is 6.31. The number of hydrogen-bond donors (Lipinski definition) is 2. The zero-order chi connectivity index (χ0) is 17.5. The van der Waals surface area contributed by atoms with E-state index < -0.39 is 0 Å². The molecule has 0 aliphatic carbocycles. The molecule has 6 heteroatoms. The molecule has 1 atom stereocenters. The molecule has 0 bridgehead atoms. The van der Waals surface area contributed by atoms with Gasteiger partial charge in [0.2, 0.25) is 11.8 Å². The molecule has 24 heavy (non-hydrogen) atoms. The molecule has 0 radical (unpaired) electrons. The monoisotopic (exact) mass is 364 g/mol. The quantitative estimate of drug-likeness (QED) is 0.804. The van der Waals surface area contributed by atoms with Crippen LogP contribution < -0.4 is 10.6 Å². The number of hydrogen-bond acceptors (Lipinski definition) is 2. The largest absolute Gasteiger partial charge is 0.347 e. The van der Waals surface area contributed by atoms with Crippen LogP contribution >= 0.6 is 23.2 Å². The summed E-state index contributed by atoms with van der Waals surface area (Å²) in [7, 11) is 0. The topological polar surface area (TPSA) is 58.2 Å². The summed E-state index contributed by atoms with van der Waals surface area (Å²) in [6.45, 7) is 1.85. The summed E-state index contributed by atoms with van der Waals surface area (Å²) in [5.74, 6) is -0.463. The van der Waals surface area contributed by atoms with Crippen molar-refractivity contribution >= 4 is 40.7 Å². The lowest BCUT2D eigenvalue weighted by atomic mass is 9.98. The molecule has 0 heterocycles. The summed E-state index contributed by atoms with van der Waals surface area (Å²) in [6.07, 6.45) is 0.315. The molecule has 2 amide bonds. The third-order valence-corrected chi connectivity index (χ3v) is 4.07. The molecule has 0 fully saturated rings. The number of carbonyl (C=O) groups is 2. The van der Waals surface area contributed by atoms with Crippen LogP contribution in [-0.2, 0) is 9.59 Å². The first-order valence-corrected chi connectivity index (χ1v) is 8.28. The van der Waals surface area contributed by atoms with Crippen LogP contribution in [0.5, 0.6) is 0 Å². The molecule has 0 saturated carbocycles. The van der Waals surface area contributed by atoms with Crippen molar-refractivity contribution in [2.45, 2.75) is 19.3 Å². The van der Waals surface area contributed by atoms with Gasteiger partial charge in [0.15, 0.2) is 0 Å². The average molecular weight is 365 g/mol. The Bertz CT molecular complexity index is 720. The molecule has 0 aliphatic heterocycles. The van der Waals surface area contributed by atoms with Gasteiger partial charge in [-0.2, -0.15) is 0 Å². The lowest BCUT2D eigenvalue weighted by Gasteiger charge is -2.12. The Kier molecular flexibility index (Phi) is 6.64. The van der Waals surface area contributed by atoms with E-state index in [-0.39, 0.29) is 24.3 Å². The maximum atomic E-state index is 12.0. The smallest absolute Gasteiger partial charge is 0.243 e. The SMILES string of the molecule is C[C@@H](CC(=O)NCC(=O)Nc1cc(Cl)ccc1Cl)c1ccccc1. The first-order valence-electron chi connectivity index (χ1n) is 7.52. The van der Waals surface area contributed by atoms with E-state index in [0.29, 0.717) is 22.2 Å². The van der Waals surface area contributed by atoms with E-state index in [1.807, 2.05) is 37.3 Å². The van der Waals surface area contributed by atoms with E-state index in [0.717, 1.165) is 5.56 Å². The molecule has 0 saturated heterocycles. The van der Waals surface area contributed by atoms with Gasteiger partial charge in [-0.15, -0.1) is 0 Å². The van der Waals surface area contributed by atoms with Crippen molar-refractivity contribution < 1.29 is 9.59 Å². The molecule has 0 spiro atoms. The fourth-order valence-corrected chi connectivity index (χ4v) is 2.55. The minimum atomic E-state index is -0.361. The second-order valence-electron chi connectivity index (χ2n) is 5.46. The minimum Gasteiger partial charge on any atom is -0.347 e. The minimum absolute atomic E-state index is 0.0802. The van der Waals surface area contributed by atoms with E-state index in [2.05, 4.69) is 10.6 Å².